The van der Waals surface area contributed by atoms with Crippen LogP contribution in [0.5, 0.6) is 0 Å². The first-order chi connectivity index (χ1) is 10.9. The van der Waals surface area contributed by atoms with Crippen LogP contribution in [0, 0.1) is 5.41 Å². The molecule has 1 saturated heterocycles. The van der Waals surface area contributed by atoms with Crippen LogP contribution in [0.3, 0.4) is 0 Å². The molecule has 1 unspecified atom stereocenters. The minimum Gasteiger partial charge on any atom is -0.356 e. The van der Waals surface area contributed by atoms with Gasteiger partial charge in [0.25, 0.3) is 0 Å². The summed E-state index contributed by atoms with van der Waals surface area (Å²) in [6.45, 7) is 15.7. The maximum Gasteiger partial charge on any atom is 0.227 e. The summed E-state index contributed by atoms with van der Waals surface area (Å²) in [5.41, 5.74) is -0.454. The molecule has 0 aromatic rings. The van der Waals surface area contributed by atoms with Gasteiger partial charge in [0, 0.05) is 39.3 Å². The van der Waals surface area contributed by atoms with Crippen LogP contribution < -0.4 is 10.6 Å². The van der Waals surface area contributed by atoms with E-state index in [2.05, 4.69) is 39.3 Å². The predicted molar refractivity (Wildman–Crippen MR) is 96.7 cm³/mol. The Morgan fingerprint density at radius 3 is 2.43 bits per heavy atom. The molecule has 1 aliphatic rings. The number of guanidine groups is 1. The molecule has 0 bridgehead atoms. The van der Waals surface area contributed by atoms with Crippen molar-refractivity contribution in [3.05, 3.63) is 0 Å². The summed E-state index contributed by atoms with van der Waals surface area (Å²) in [5.74, 6) is 0.974. The Kier molecular flexibility index (Phi) is 7.82. The molecule has 0 saturated carbocycles. The van der Waals surface area contributed by atoms with Crippen molar-refractivity contribution in [1.82, 2.24) is 20.4 Å². The molecule has 1 fully saturated rings. The van der Waals surface area contributed by atoms with E-state index in [0.717, 1.165) is 32.1 Å². The number of aliphatic imine (C=N–C) groups is 1. The largest absolute Gasteiger partial charge is 0.356 e. The van der Waals surface area contributed by atoms with Crippen LogP contribution >= 0.6 is 0 Å². The van der Waals surface area contributed by atoms with Crippen LogP contribution in [0.4, 0.5) is 0 Å². The van der Waals surface area contributed by atoms with Crippen LogP contribution in [0.2, 0.25) is 0 Å². The molecule has 134 valence electrons. The highest BCUT2D eigenvalue weighted by atomic mass is 16.2. The minimum atomic E-state index is -0.454. The van der Waals surface area contributed by atoms with Gasteiger partial charge in [-0.05, 0) is 40.3 Å². The summed E-state index contributed by atoms with van der Waals surface area (Å²) < 4.78 is 0. The van der Waals surface area contributed by atoms with E-state index < -0.39 is 5.41 Å². The average molecular weight is 326 g/mol. The number of hydrogen-bond acceptors (Lipinski definition) is 3. The summed E-state index contributed by atoms with van der Waals surface area (Å²) in [4.78, 5) is 21.3. The van der Waals surface area contributed by atoms with Crippen molar-refractivity contribution in [2.24, 2.45) is 10.4 Å². The number of likely N-dealkylation sites (N-methyl/N-ethyl adjacent to an activating group) is 1. The van der Waals surface area contributed by atoms with Crippen LogP contribution in [-0.2, 0) is 4.79 Å². The molecular weight excluding hydrogens is 290 g/mol. The van der Waals surface area contributed by atoms with Crippen molar-refractivity contribution in [2.45, 2.75) is 47.1 Å². The SMILES string of the molecule is CCNC(=O)C(C)(C)CNC(=NC)N1CCC(N(CC)CC)C1. The molecule has 2 N–H and O–H groups in total. The molecule has 23 heavy (non-hydrogen) atoms. The van der Waals surface area contributed by atoms with Crippen molar-refractivity contribution >= 4 is 11.9 Å². The van der Waals surface area contributed by atoms with E-state index in [1.807, 2.05) is 27.8 Å². The van der Waals surface area contributed by atoms with Gasteiger partial charge < -0.3 is 15.5 Å². The lowest BCUT2D eigenvalue weighted by atomic mass is 9.92. The highest BCUT2D eigenvalue weighted by Gasteiger charge is 2.31. The Balaban J connectivity index is 2.57. The lowest BCUT2D eigenvalue weighted by Crippen LogP contribution is -2.49. The van der Waals surface area contributed by atoms with E-state index in [-0.39, 0.29) is 5.91 Å². The van der Waals surface area contributed by atoms with Crippen molar-refractivity contribution < 1.29 is 4.79 Å². The van der Waals surface area contributed by atoms with Gasteiger partial charge in [-0.15, -0.1) is 0 Å². The van der Waals surface area contributed by atoms with Gasteiger partial charge in [0.2, 0.25) is 5.91 Å². The second-order valence-electron chi connectivity index (χ2n) is 6.75. The summed E-state index contributed by atoms with van der Waals surface area (Å²) in [5, 5.41) is 6.28. The number of nitrogens with one attached hydrogen (secondary N) is 2. The zero-order chi connectivity index (χ0) is 17.5. The number of amides is 1. The van der Waals surface area contributed by atoms with Gasteiger partial charge in [-0.2, -0.15) is 0 Å². The molecule has 1 heterocycles. The van der Waals surface area contributed by atoms with Crippen molar-refractivity contribution in [3.63, 3.8) is 0 Å². The molecule has 6 heteroatoms. The van der Waals surface area contributed by atoms with E-state index in [1.165, 1.54) is 6.42 Å². The molecule has 1 atom stereocenters. The van der Waals surface area contributed by atoms with Gasteiger partial charge >= 0.3 is 0 Å². The fraction of sp³-hybridized carbons (Fsp3) is 0.882. The normalized spacial score (nSPS) is 19.3. The molecular formula is C17H35N5O. The molecule has 0 spiro atoms. The Labute approximate surface area is 141 Å². The smallest absolute Gasteiger partial charge is 0.227 e. The summed E-state index contributed by atoms with van der Waals surface area (Å²) in [6, 6.07) is 0.597. The Hall–Kier alpha value is -1.30. The second-order valence-corrected chi connectivity index (χ2v) is 6.75. The zero-order valence-electron chi connectivity index (χ0n) is 15.8. The number of hydrogen-bond donors (Lipinski definition) is 2. The van der Waals surface area contributed by atoms with Crippen molar-refractivity contribution in [3.8, 4) is 0 Å². The van der Waals surface area contributed by atoms with Crippen LogP contribution in [0.25, 0.3) is 0 Å². The fourth-order valence-corrected chi connectivity index (χ4v) is 3.08. The first-order valence-corrected chi connectivity index (χ1v) is 8.87. The van der Waals surface area contributed by atoms with E-state index >= 15 is 0 Å². The van der Waals surface area contributed by atoms with E-state index in [0.29, 0.717) is 19.1 Å². The van der Waals surface area contributed by atoms with Gasteiger partial charge in [0.15, 0.2) is 5.96 Å². The standard InChI is InChI=1S/C17H35N5O/c1-7-19-15(23)17(4,5)13-20-16(18-6)22-11-10-14(12-22)21(8-2)9-3/h14H,7-13H2,1-6H3,(H,18,20)(H,19,23). The van der Waals surface area contributed by atoms with E-state index in [1.54, 1.807) is 0 Å². The van der Waals surface area contributed by atoms with Gasteiger partial charge in [-0.1, -0.05) is 13.8 Å². The third-order valence-electron chi connectivity index (χ3n) is 4.64. The van der Waals surface area contributed by atoms with Gasteiger partial charge in [0.1, 0.15) is 0 Å². The first-order valence-electron chi connectivity index (χ1n) is 8.87. The van der Waals surface area contributed by atoms with Gasteiger partial charge in [0.05, 0.1) is 5.41 Å². The molecule has 0 radical (unpaired) electrons. The monoisotopic (exact) mass is 325 g/mol. The number of likely N-dealkylation sites (tertiary alicyclic amines) is 1. The maximum atomic E-state index is 12.1. The Morgan fingerprint density at radius 1 is 1.26 bits per heavy atom. The summed E-state index contributed by atoms with van der Waals surface area (Å²) in [6.07, 6.45) is 1.17. The number of rotatable bonds is 7. The number of nitrogens with zero attached hydrogens (tertiary/aromatic N) is 3. The summed E-state index contributed by atoms with van der Waals surface area (Å²) in [7, 11) is 1.81. The van der Waals surface area contributed by atoms with Crippen LogP contribution in [-0.4, -0.2) is 74.0 Å². The minimum absolute atomic E-state index is 0.0744. The fourth-order valence-electron chi connectivity index (χ4n) is 3.08. The van der Waals surface area contributed by atoms with Crippen LogP contribution in [0.1, 0.15) is 41.0 Å². The Bertz CT molecular complexity index is 404. The number of carbonyl (C=O) groups is 1. The Morgan fingerprint density at radius 2 is 1.91 bits per heavy atom. The molecule has 0 aliphatic carbocycles. The zero-order valence-corrected chi connectivity index (χ0v) is 15.8. The van der Waals surface area contributed by atoms with Crippen molar-refractivity contribution in [2.75, 3.05) is 46.3 Å². The highest BCUT2D eigenvalue weighted by molar-refractivity contribution is 5.84. The third kappa shape index (κ3) is 5.37. The summed E-state index contributed by atoms with van der Waals surface area (Å²) >= 11 is 0. The quantitative estimate of drug-likeness (QED) is 0.544. The molecule has 1 amide bonds. The lowest BCUT2D eigenvalue weighted by molar-refractivity contribution is -0.128. The van der Waals surface area contributed by atoms with E-state index in [4.69, 9.17) is 0 Å². The third-order valence-corrected chi connectivity index (χ3v) is 4.64. The topological polar surface area (TPSA) is 60.0 Å². The highest BCUT2D eigenvalue weighted by Crippen LogP contribution is 2.17. The number of carbonyl (C=O) groups excluding carboxylic acids is 1. The maximum absolute atomic E-state index is 12.1. The molecule has 0 aromatic heterocycles. The molecule has 1 aliphatic heterocycles. The molecule has 1 rings (SSSR count). The van der Waals surface area contributed by atoms with E-state index in [9.17, 15) is 4.79 Å². The molecule has 6 nitrogen and oxygen atoms in total. The lowest BCUT2D eigenvalue weighted by Gasteiger charge is -2.29. The first kappa shape index (κ1) is 19.7. The molecule has 0 aromatic carbocycles. The van der Waals surface area contributed by atoms with Gasteiger partial charge in [-0.3, -0.25) is 14.7 Å². The predicted octanol–water partition coefficient (Wildman–Crippen LogP) is 1.14. The second kappa shape index (κ2) is 9.11. The van der Waals surface area contributed by atoms with Gasteiger partial charge in [-0.25, -0.2) is 0 Å². The average Bonchev–Trinajstić information content (AvgIpc) is 2.99. The van der Waals surface area contributed by atoms with Crippen molar-refractivity contribution in [1.29, 1.82) is 0 Å². The van der Waals surface area contributed by atoms with Crippen LogP contribution in [0.15, 0.2) is 4.99 Å².